The van der Waals surface area contributed by atoms with Crippen LogP contribution >= 0.6 is 0 Å². The highest BCUT2D eigenvalue weighted by Crippen LogP contribution is 2.18. The Kier molecular flexibility index (Phi) is 4.32. The summed E-state index contributed by atoms with van der Waals surface area (Å²) in [4.78, 5) is 25.6. The summed E-state index contributed by atoms with van der Waals surface area (Å²) in [5, 5.41) is 17.4. The third-order valence-electron chi connectivity index (χ3n) is 2.87. The molecule has 0 aromatic heterocycles. The number of rotatable bonds is 4. The van der Waals surface area contributed by atoms with E-state index in [0.29, 0.717) is 13.1 Å². The highest BCUT2D eigenvalue weighted by molar-refractivity contribution is 5.79. The highest BCUT2D eigenvalue weighted by Gasteiger charge is 2.37. The van der Waals surface area contributed by atoms with Gasteiger partial charge in [-0.3, -0.25) is 4.79 Å². The Labute approximate surface area is 100 Å². The Balaban J connectivity index is 2.46. The van der Waals surface area contributed by atoms with E-state index in [1.165, 1.54) is 4.90 Å². The molecule has 0 radical (unpaired) electrons. The van der Waals surface area contributed by atoms with Crippen molar-refractivity contribution in [3.05, 3.63) is 0 Å². The first-order valence-corrected chi connectivity index (χ1v) is 5.65. The Hall–Kier alpha value is -1.77. The maximum absolute atomic E-state index is 11.9. The predicted octanol–water partition coefficient (Wildman–Crippen LogP) is 0.604. The van der Waals surface area contributed by atoms with Crippen LogP contribution in [-0.2, 0) is 4.79 Å². The van der Waals surface area contributed by atoms with Crippen molar-refractivity contribution in [2.24, 2.45) is 11.8 Å². The van der Waals surface area contributed by atoms with Crippen LogP contribution in [-0.4, -0.2) is 53.1 Å². The van der Waals surface area contributed by atoms with E-state index in [1.54, 1.807) is 11.8 Å². The summed E-state index contributed by atoms with van der Waals surface area (Å²) in [5.41, 5.74) is 0. The van der Waals surface area contributed by atoms with Crippen LogP contribution in [0, 0.1) is 23.2 Å². The number of carboxylic acid groups (broad SMARTS) is 1. The number of hydrogen-bond donors (Lipinski definition) is 1. The van der Waals surface area contributed by atoms with Gasteiger partial charge in [-0.25, -0.2) is 4.79 Å². The number of amides is 2. The van der Waals surface area contributed by atoms with Gasteiger partial charge in [-0.2, -0.15) is 5.26 Å². The van der Waals surface area contributed by atoms with Gasteiger partial charge in [0.2, 0.25) is 0 Å². The van der Waals surface area contributed by atoms with Gasteiger partial charge in [0.1, 0.15) is 0 Å². The lowest BCUT2D eigenvalue weighted by molar-refractivity contribution is -0.146. The molecule has 1 saturated heterocycles. The van der Waals surface area contributed by atoms with E-state index in [2.05, 4.69) is 6.07 Å². The molecule has 0 aliphatic carbocycles. The van der Waals surface area contributed by atoms with Crippen molar-refractivity contribution in [2.45, 2.75) is 13.8 Å². The fourth-order valence-electron chi connectivity index (χ4n) is 1.70. The standard InChI is InChI=1S/C11H17N3O3/c1-3-13(5-8(2)4-12)11(17)14-6-9(7-14)10(15)16/h8-9H,3,5-7H2,1-2H3,(H,15,16). The summed E-state index contributed by atoms with van der Waals surface area (Å²) in [6.07, 6.45) is 0. The van der Waals surface area contributed by atoms with E-state index < -0.39 is 11.9 Å². The van der Waals surface area contributed by atoms with Crippen LogP contribution in [0.2, 0.25) is 0 Å². The monoisotopic (exact) mass is 239 g/mol. The second kappa shape index (κ2) is 5.53. The van der Waals surface area contributed by atoms with Crippen LogP contribution < -0.4 is 0 Å². The minimum Gasteiger partial charge on any atom is -0.481 e. The second-order valence-corrected chi connectivity index (χ2v) is 4.29. The number of aliphatic carboxylic acids is 1. The Bertz CT molecular complexity index is 344. The molecule has 94 valence electrons. The number of carbonyl (C=O) groups is 2. The van der Waals surface area contributed by atoms with Crippen molar-refractivity contribution in [1.29, 1.82) is 5.26 Å². The second-order valence-electron chi connectivity index (χ2n) is 4.29. The summed E-state index contributed by atoms with van der Waals surface area (Å²) in [5.74, 6) is -1.51. The first kappa shape index (κ1) is 13.3. The molecule has 17 heavy (non-hydrogen) atoms. The zero-order valence-electron chi connectivity index (χ0n) is 10.1. The van der Waals surface area contributed by atoms with Gasteiger partial charge < -0.3 is 14.9 Å². The normalized spacial score (nSPS) is 16.9. The zero-order valence-corrected chi connectivity index (χ0v) is 10.1. The average molecular weight is 239 g/mol. The minimum atomic E-state index is -0.859. The molecule has 1 rings (SSSR count). The molecule has 1 aliphatic heterocycles. The van der Waals surface area contributed by atoms with Gasteiger partial charge in [0.05, 0.1) is 17.9 Å². The fourth-order valence-corrected chi connectivity index (χ4v) is 1.70. The number of carbonyl (C=O) groups excluding carboxylic acids is 1. The molecule has 1 aliphatic rings. The lowest BCUT2D eigenvalue weighted by atomic mass is 10.0. The van der Waals surface area contributed by atoms with E-state index in [0.717, 1.165) is 0 Å². The van der Waals surface area contributed by atoms with Gasteiger partial charge in [-0.15, -0.1) is 0 Å². The average Bonchev–Trinajstić information content (AvgIpc) is 2.22. The van der Waals surface area contributed by atoms with Gasteiger partial charge >= 0.3 is 12.0 Å². The molecule has 0 aromatic rings. The largest absolute Gasteiger partial charge is 0.481 e. The van der Waals surface area contributed by atoms with Crippen molar-refractivity contribution in [2.75, 3.05) is 26.2 Å². The Morgan fingerprint density at radius 3 is 2.59 bits per heavy atom. The van der Waals surface area contributed by atoms with Gasteiger partial charge in [-0.05, 0) is 13.8 Å². The molecule has 1 fully saturated rings. The zero-order chi connectivity index (χ0) is 13.0. The van der Waals surface area contributed by atoms with Crippen molar-refractivity contribution in [3.63, 3.8) is 0 Å². The van der Waals surface area contributed by atoms with E-state index in [1.807, 2.05) is 6.92 Å². The number of hydrogen-bond acceptors (Lipinski definition) is 3. The summed E-state index contributed by atoms with van der Waals surface area (Å²) >= 11 is 0. The van der Waals surface area contributed by atoms with Crippen molar-refractivity contribution in [1.82, 2.24) is 9.80 Å². The molecule has 1 unspecified atom stereocenters. The third-order valence-corrected chi connectivity index (χ3v) is 2.87. The highest BCUT2D eigenvalue weighted by atomic mass is 16.4. The maximum Gasteiger partial charge on any atom is 0.320 e. The predicted molar refractivity (Wildman–Crippen MR) is 60.1 cm³/mol. The number of urea groups is 1. The number of carboxylic acids is 1. The van der Waals surface area contributed by atoms with Gasteiger partial charge in [0.25, 0.3) is 0 Å². The number of nitrogens with zero attached hydrogens (tertiary/aromatic N) is 3. The SMILES string of the molecule is CCN(CC(C)C#N)C(=O)N1CC(C(=O)O)C1. The van der Waals surface area contributed by atoms with Gasteiger partial charge in [0.15, 0.2) is 0 Å². The number of likely N-dealkylation sites (tertiary alicyclic amines) is 1. The van der Waals surface area contributed by atoms with Crippen LogP contribution in [0.4, 0.5) is 4.79 Å². The summed E-state index contributed by atoms with van der Waals surface area (Å²) in [7, 11) is 0. The molecular weight excluding hydrogens is 222 g/mol. The van der Waals surface area contributed by atoms with Crippen LogP contribution in [0.3, 0.4) is 0 Å². The van der Waals surface area contributed by atoms with Crippen LogP contribution in [0.5, 0.6) is 0 Å². The maximum atomic E-state index is 11.9. The minimum absolute atomic E-state index is 0.174. The van der Waals surface area contributed by atoms with Crippen molar-refractivity contribution >= 4 is 12.0 Å². The van der Waals surface area contributed by atoms with Crippen molar-refractivity contribution < 1.29 is 14.7 Å². The van der Waals surface area contributed by atoms with Crippen LogP contribution in [0.1, 0.15) is 13.8 Å². The lowest BCUT2D eigenvalue weighted by Gasteiger charge is -2.39. The molecule has 0 saturated carbocycles. The topological polar surface area (TPSA) is 84.6 Å². The van der Waals surface area contributed by atoms with Crippen LogP contribution in [0.25, 0.3) is 0 Å². The molecule has 0 bridgehead atoms. The first-order valence-electron chi connectivity index (χ1n) is 5.65. The summed E-state index contributed by atoms with van der Waals surface area (Å²) < 4.78 is 0. The van der Waals surface area contributed by atoms with E-state index in [9.17, 15) is 9.59 Å². The molecule has 6 nitrogen and oxygen atoms in total. The van der Waals surface area contributed by atoms with E-state index >= 15 is 0 Å². The molecule has 0 spiro atoms. The Morgan fingerprint density at radius 2 is 2.18 bits per heavy atom. The van der Waals surface area contributed by atoms with E-state index in [-0.39, 0.29) is 25.0 Å². The smallest absolute Gasteiger partial charge is 0.320 e. The molecule has 1 N–H and O–H groups in total. The first-order chi connectivity index (χ1) is 7.99. The van der Waals surface area contributed by atoms with Gasteiger partial charge in [-0.1, -0.05) is 0 Å². The quantitative estimate of drug-likeness (QED) is 0.778. The summed E-state index contributed by atoms with van der Waals surface area (Å²) in [6.45, 7) is 5.05. The summed E-state index contributed by atoms with van der Waals surface area (Å²) in [6, 6.07) is 1.91. The fraction of sp³-hybridized carbons (Fsp3) is 0.727. The molecule has 1 heterocycles. The third kappa shape index (κ3) is 3.09. The van der Waals surface area contributed by atoms with Crippen molar-refractivity contribution in [3.8, 4) is 6.07 Å². The van der Waals surface area contributed by atoms with Crippen LogP contribution in [0.15, 0.2) is 0 Å². The molecule has 6 heteroatoms. The Morgan fingerprint density at radius 1 is 1.59 bits per heavy atom. The number of nitriles is 1. The molecule has 1 atom stereocenters. The molecular formula is C11H17N3O3. The lowest BCUT2D eigenvalue weighted by Crippen LogP contribution is -2.57. The molecule has 2 amide bonds. The van der Waals surface area contributed by atoms with E-state index in [4.69, 9.17) is 10.4 Å². The van der Waals surface area contributed by atoms with Gasteiger partial charge in [0, 0.05) is 26.2 Å². The molecule has 0 aromatic carbocycles.